The van der Waals surface area contributed by atoms with Crippen molar-refractivity contribution in [1.29, 1.82) is 0 Å². The molecule has 2 aliphatic heterocycles. The first kappa shape index (κ1) is 19.5. The van der Waals surface area contributed by atoms with E-state index in [4.69, 9.17) is 4.98 Å². The summed E-state index contributed by atoms with van der Waals surface area (Å²) in [6, 6.07) is 10.4. The number of carbonyl (C=O) groups excluding carboxylic acids is 1. The minimum absolute atomic E-state index is 0.0118. The van der Waals surface area contributed by atoms with E-state index in [2.05, 4.69) is 39.5 Å². The maximum Gasteiger partial charge on any atom is 0.231 e. The van der Waals surface area contributed by atoms with Crippen LogP contribution < -0.4 is 10.2 Å². The maximum absolute atomic E-state index is 13.8. The normalized spacial score (nSPS) is 24.4. The molecule has 158 valence electrons. The van der Waals surface area contributed by atoms with Gasteiger partial charge in [-0.15, -0.1) is 0 Å². The van der Waals surface area contributed by atoms with Gasteiger partial charge in [0.2, 0.25) is 11.9 Å². The van der Waals surface area contributed by atoms with Crippen LogP contribution in [-0.4, -0.2) is 61.0 Å². The molecule has 30 heavy (non-hydrogen) atoms. The van der Waals surface area contributed by atoms with Gasteiger partial charge in [-0.05, 0) is 43.2 Å². The predicted octanol–water partition coefficient (Wildman–Crippen LogP) is 2.18. The van der Waals surface area contributed by atoms with Crippen molar-refractivity contribution in [2.45, 2.75) is 37.5 Å². The molecule has 2 saturated heterocycles. The van der Waals surface area contributed by atoms with Gasteiger partial charge in [-0.1, -0.05) is 30.3 Å². The quantitative estimate of drug-likeness (QED) is 0.845. The highest BCUT2D eigenvalue weighted by Gasteiger charge is 2.50. The Balaban J connectivity index is 1.40. The number of fused-ring (bicyclic) bond motifs is 2. The fourth-order valence-corrected chi connectivity index (χ4v) is 5.55. The number of carbonyl (C=O) groups is 1. The topological polar surface area (TPSA) is 61.4 Å². The summed E-state index contributed by atoms with van der Waals surface area (Å²) in [5.74, 6) is 1.08. The first-order chi connectivity index (χ1) is 14.5. The number of hydrogen-bond acceptors (Lipinski definition) is 5. The molecule has 1 unspecified atom stereocenters. The molecule has 1 aromatic carbocycles. The summed E-state index contributed by atoms with van der Waals surface area (Å²) in [5.41, 5.74) is 3.37. The van der Waals surface area contributed by atoms with Gasteiger partial charge in [0.1, 0.15) is 0 Å². The molecule has 1 atom stereocenters. The zero-order valence-corrected chi connectivity index (χ0v) is 18.0. The number of benzene rings is 1. The van der Waals surface area contributed by atoms with Gasteiger partial charge in [-0.25, -0.2) is 9.97 Å². The molecule has 6 heteroatoms. The summed E-state index contributed by atoms with van der Waals surface area (Å²) in [7, 11) is 3.97. The summed E-state index contributed by atoms with van der Waals surface area (Å²) in [4.78, 5) is 27.4. The van der Waals surface area contributed by atoms with Crippen molar-refractivity contribution >= 4 is 11.9 Å². The van der Waals surface area contributed by atoms with E-state index in [0.717, 1.165) is 64.2 Å². The van der Waals surface area contributed by atoms with Gasteiger partial charge in [-0.2, -0.15) is 0 Å². The molecule has 6 nitrogen and oxygen atoms in total. The zero-order valence-electron chi connectivity index (χ0n) is 18.0. The summed E-state index contributed by atoms with van der Waals surface area (Å²) < 4.78 is 0. The summed E-state index contributed by atoms with van der Waals surface area (Å²) >= 11 is 0. The number of anilines is 1. The first-order valence-corrected chi connectivity index (χ1v) is 11.1. The molecular formula is C24H31N5O. The van der Waals surface area contributed by atoms with Crippen molar-refractivity contribution in [3.05, 3.63) is 53.3 Å². The van der Waals surface area contributed by atoms with E-state index < -0.39 is 0 Å². The van der Waals surface area contributed by atoms with Crippen LogP contribution in [0.1, 0.15) is 36.1 Å². The number of likely N-dealkylation sites (tertiary alicyclic amines) is 1. The van der Waals surface area contributed by atoms with Gasteiger partial charge in [-0.3, -0.25) is 4.79 Å². The summed E-state index contributed by atoms with van der Waals surface area (Å²) in [6.45, 7) is 3.19. The minimum atomic E-state index is -0.304. The van der Waals surface area contributed by atoms with Gasteiger partial charge < -0.3 is 15.1 Å². The molecule has 1 spiro atoms. The van der Waals surface area contributed by atoms with Crippen molar-refractivity contribution in [2.24, 2.45) is 5.41 Å². The lowest BCUT2D eigenvalue weighted by atomic mass is 9.72. The van der Waals surface area contributed by atoms with E-state index in [-0.39, 0.29) is 10.8 Å². The SMILES string of the molecule is CN(C)c1ncc2c(n1)C1(CCCN(C(=O)C3(Cc4ccccc4)CNC3)C1)CC2. The van der Waals surface area contributed by atoms with Crippen LogP contribution in [0.5, 0.6) is 0 Å². The molecule has 3 heterocycles. The Morgan fingerprint density at radius 1 is 1.20 bits per heavy atom. The van der Waals surface area contributed by atoms with E-state index in [9.17, 15) is 4.79 Å². The molecule has 0 radical (unpaired) electrons. The van der Waals surface area contributed by atoms with Crippen LogP contribution in [0.15, 0.2) is 36.5 Å². The third-order valence-corrected chi connectivity index (χ3v) is 7.26. The molecule has 0 bridgehead atoms. The second-order valence-electron chi connectivity index (χ2n) is 9.60. The average Bonchev–Trinajstić information content (AvgIpc) is 3.08. The van der Waals surface area contributed by atoms with Gasteiger partial charge in [0.05, 0.1) is 11.1 Å². The molecule has 5 rings (SSSR count). The van der Waals surface area contributed by atoms with Crippen molar-refractivity contribution in [3.63, 3.8) is 0 Å². The number of aryl methyl sites for hydroxylation is 1. The molecule has 0 saturated carbocycles. The minimum Gasteiger partial charge on any atom is -0.347 e. The fourth-order valence-electron chi connectivity index (χ4n) is 5.55. The summed E-state index contributed by atoms with van der Waals surface area (Å²) in [5, 5.41) is 3.37. The van der Waals surface area contributed by atoms with Crippen LogP contribution in [0.25, 0.3) is 0 Å². The molecule has 1 N–H and O–H groups in total. The smallest absolute Gasteiger partial charge is 0.231 e. The number of aromatic nitrogens is 2. The molecule has 3 aliphatic rings. The van der Waals surface area contributed by atoms with E-state index in [0.29, 0.717) is 5.91 Å². The van der Waals surface area contributed by atoms with Crippen LogP contribution in [0.2, 0.25) is 0 Å². The number of rotatable bonds is 4. The van der Waals surface area contributed by atoms with Crippen LogP contribution in [0, 0.1) is 5.41 Å². The highest BCUT2D eigenvalue weighted by Crippen LogP contribution is 2.45. The highest BCUT2D eigenvalue weighted by atomic mass is 16.2. The molecule has 1 aliphatic carbocycles. The van der Waals surface area contributed by atoms with Crippen LogP contribution in [0.4, 0.5) is 5.95 Å². The Morgan fingerprint density at radius 3 is 2.70 bits per heavy atom. The Labute approximate surface area is 178 Å². The Morgan fingerprint density at radius 2 is 2.00 bits per heavy atom. The van der Waals surface area contributed by atoms with Crippen molar-refractivity contribution in [1.82, 2.24) is 20.2 Å². The maximum atomic E-state index is 13.8. The summed E-state index contributed by atoms with van der Waals surface area (Å²) in [6.07, 6.45) is 7.05. The molecule has 2 aromatic rings. The monoisotopic (exact) mass is 405 g/mol. The van der Waals surface area contributed by atoms with Crippen LogP contribution in [-0.2, 0) is 23.1 Å². The van der Waals surface area contributed by atoms with Crippen LogP contribution in [0.3, 0.4) is 0 Å². The molecule has 1 amide bonds. The van der Waals surface area contributed by atoms with E-state index >= 15 is 0 Å². The molecule has 2 fully saturated rings. The Hall–Kier alpha value is -2.47. The fraction of sp³-hybridized carbons (Fsp3) is 0.542. The predicted molar refractivity (Wildman–Crippen MR) is 118 cm³/mol. The van der Waals surface area contributed by atoms with Gasteiger partial charge in [0.25, 0.3) is 0 Å². The van der Waals surface area contributed by atoms with Gasteiger partial charge in [0, 0.05) is 51.9 Å². The Kier molecular flexibility index (Phi) is 4.77. The van der Waals surface area contributed by atoms with E-state index in [1.54, 1.807) is 0 Å². The van der Waals surface area contributed by atoms with Crippen LogP contribution >= 0.6 is 0 Å². The zero-order chi connectivity index (χ0) is 20.8. The van der Waals surface area contributed by atoms with Crippen molar-refractivity contribution in [2.75, 3.05) is 45.2 Å². The number of nitrogens with zero attached hydrogens (tertiary/aromatic N) is 4. The lowest BCUT2D eigenvalue weighted by Gasteiger charge is -2.48. The van der Waals surface area contributed by atoms with E-state index in [1.165, 1.54) is 16.8 Å². The lowest BCUT2D eigenvalue weighted by Crippen LogP contribution is -2.65. The van der Waals surface area contributed by atoms with Gasteiger partial charge >= 0.3 is 0 Å². The third-order valence-electron chi connectivity index (χ3n) is 7.26. The Bertz CT molecular complexity index is 936. The number of piperidine rings is 1. The van der Waals surface area contributed by atoms with E-state index in [1.807, 2.05) is 31.3 Å². The van der Waals surface area contributed by atoms with Gasteiger partial charge in [0.15, 0.2) is 0 Å². The molecular weight excluding hydrogens is 374 g/mol. The number of nitrogens with one attached hydrogen (secondary N) is 1. The van der Waals surface area contributed by atoms with Crippen molar-refractivity contribution < 1.29 is 4.79 Å². The second-order valence-corrected chi connectivity index (χ2v) is 9.60. The largest absolute Gasteiger partial charge is 0.347 e. The second kappa shape index (κ2) is 7.34. The number of amides is 1. The number of hydrogen-bond donors (Lipinski definition) is 1. The highest BCUT2D eigenvalue weighted by molar-refractivity contribution is 5.85. The van der Waals surface area contributed by atoms with Crippen molar-refractivity contribution in [3.8, 4) is 0 Å². The lowest BCUT2D eigenvalue weighted by molar-refractivity contribution is -0.147. The first-order valence-electron chi connectivity index (χ1n) is 11.1. The molecule has 1 aromatic heterocycles. The standard InChI is InChI=1S/C24H31N5O/c1-28(2)22-26-14-19-9-11-23(20(19)27-22)10-6-12-29(17-23)21(30)24(15-25-16-24)13-18-7-4-3-5-8-18/h3-5,7-8,14,25H,6,9-13,15-17H2,1-2H3. The average molecular weight is 406 g/mol. The third kappa shape index (κ3) is 3.18.